The fraction of sp³-hybridized carbons (Fsp3) is 0.533. The van der Waals surface area contributed by atoms with Crippen LogP contribution in [0, 0.1) is 0 Å². The van der Waals surface area contributed by atoms with Gasteiger partial charge in [0.2, 0.25) is 0 Å². The molecule has 1 heterocycles. The van der Waals surface area contributed by atoms with E-state index in [4.69, 9.17) is 9.47 Å². The normalized spacial score (nSPS) is 17.5. The van der Waals surface area contributed by atoms with Crippen LogP contribution in [0.1, 0.15) is 31.4 Å². The first-order chi connectivity index (χ1) is 9.65. The Labute approximate surface area is 118 Å². The fourth-order valence-electron chi connectivity index (χ4n) is 2.10. The molecule has 0 aromatic heterocycles. The van der Waals surface area contributed by atoms with Gasteiger partial charge in [-0.05, 0) is 37.5 Å². The summed E-state index contributed by atoms with van der Waals surface area (Å²) in [5.41, 5.74) is 0.823. The Morgan fingerprint density at radius 1 is 1.40 bits per heavy atom. The van der Waals surface area contributed by atoms with Crippen LogP contribution in [-0.2, 0) is 9.53 Å². The Bertz CT molecular complexity index is 424. The first-order valence-electron chi connectivity index (χ1n) is 6.93. The lowest BCUT2D eigenvalue weighted by Gasteiger charge is -2.23. The van der Waals surface area contributed by atoms with Crippen molar-refractivity contribution < 1.29 is 19.4 Å². The number of carbonyl (C=O) groups excluding carboxylic acids is 1. The molecule has 20 heavy (non-hydrogen) atoms. The van der Waals surface area contributed by atoms with Crippen LogP contribution in [0.2, 0.25) is 0 Å². The molecule has 0 unspecified atom stereocenters. The van der Waals surface area contributed by atoms with Gasteiger partial charge in [-0.25, -0.2) is 0 Å². The fourth-order valence-corrected chi connectivity index (χ4v) is 2.10. The molecule has 0 saturated carbocycles. The average molecular weight is 279 g/mol. The summed E-state index contributed by atoms with van der Waals surface area (Å²) in [7, 11) is 0. The molecule has 0 spiro atoms. The minimum Gasteiger partial charge on any atom is -0.484 e. The van der Waals surface area contributed by atoms with Crippen molar-refractivity contribution >= 4 is 5.91 Å². The zero-order chi connectivity index (χ0) is 14.4. The maximum atomic E-state index is 11.7. The maximum Gasteiger partial charge on any atom is 0.258 e. The number of benzene rings is 1. The summed E-state index contributed by atoms with van der Waals surface area (Å²) in [5, 5.41) is 12.3. The second kappa shape index (κ2) is 7.26. The third-order valence-corrected chi connectivity index (χ3v) is 3.32. The van der Waals surface area contributed by atoms with E-state index in [1.165, 1.54) is 0 Å². The van der Waals surface area contributed by atoms with Crippen LogP contribution in [0.3, 0.4) is 0 Å². The van der Waals surface area contributed by atoms with E-state index in [0.29, 0.717) is 19.0 Å². The van der Waals surface area contributed by atoms with Crippen LogP contribution in [0.25, 0.3) is 0 Å². The van der Waals surface area contributed by atoms with Crippen molar-refractivity contribution in [2.75, 3.05) is 19.8 Å². The van der Waals surface area contributed by atoms with Crippen LogP contribution in [-0.4, -0.2) is 36.9 Å². The highest BCUT2D eigenvalue weighted by molar-refractivity contribution is 5.77. The van der Waals surface area contributed by atoms with Gasteiger partial charge in [0, 0.05) is 19.3 Å². The second-order valence-corrected chi connectivity index (χ2v) is 4.99. The van der Waals surface area contributed by atoms with E-state index in [1.807, 2.05) is 0 Å². The van der Waals surface area contributed by atoms with Crippen molar-refractivity contribution in [3.05, 3.63) is 29.8 Å². The smallest absolute Gasteiger partial charge is 0.258 e. The van der Waals surface area contributed by atoms with Gasteiger partial charge in [-0.15, -0.1) is 0 Å². The molecule has 1 aromatic carbocycles. The Kier molecular flexibility index (Phi) is 5.38. The molecular formula is C15H21NO4. The quantitative estimate of drug-likeness (QED) is 0.855. The van der Waals surface area contributed by atoms with Gasteiger partial charge in [0.1, 0.15) is 5.75 Å². The highest BCUT2D eigenvalue weighted by Gasteiger charge is 2.16. The molecule has 110 valence electrons. The number of ether oxygens (including phenoxy) is 2. The van der Waals surface area contributed by atoms with Gasteiger partial charge < -0.3 is 19.9 Å². The van der Waals surface area contributed by atoms with E-state index < -0.39 is 6.10 Å². The zero-order valence-corrected chi connectivity index (χ0v) is 11.7. The molecule has 5 nitrogen and oxygen atoms in total. The van der Waals surface area contributed by atoms with Crippen molar-refractivity contribution in [1.82, 2.24) is 5.32 Å². The number of hydrogen-bond acceptors (Lipinski definition) is 4. The Morgan fingerprint density at radius 3 is 2.65 bits per heavy atom. The monoisotopic (exact) mass is 279 g/mol. The molecule has 1 aliphatic heterocycles. The molecule has 5 heteroatoms. The Balaban J connectivity index is 1.74. The molecule has 1 atom stereocenters. The standard InChI is InChI=1S/C15H21NO4/c1-11(17)12-2-4-14(5-3-12)20-10-15(18)16-13-6-8-19-9-7-13/h2-5,11,13,17H,6-10H2,1H3,(H,16,18)/t11-/m0/s1. The first kappa shape index (κ1) is 14.8. The van der Waals surface area contributed by atoms with Crippen LogP contribution in [0.15, 0.2) is 24.3 Å². The van der Waals surface area contributed by atoms with Crippen LogP contribution < -0.4 is 10.1 Å². The Hall–Kier alpha value is -1.59. The van der Waals surface area contributed by atoms with E-state index >= 15 is 0 Å². The van der Waals surface area contributed by atoms with Gasteiger partial charge in [-0.2, -0.15) is 0 Å². The number of amides is 1. The molecule has 0 bridgehead atoms. The summed E-state index contributed by atoms with van der Waals surface area (Å²) in [4.78, 5) is 11.7. The van der Waals surface area contributed by atoms with Crippen molar-refractivity contribution in [2.45, 2.75) is 31.9 Å². The highest BCUT2D eigenvalue weighted by atomic mass is 16.5. The van der Waals surface area contributed by atoms with Crippen LogP contribution in [0.5, 0.6) is 5.75 Å². The topological polar surface area (TPSA) is 67.8 Å². The third-order valence-electron chi connectivity index (χ3n) is 3.32. The van der Waals surface area contributed by atoms with Gasteiger partial charge >= 0.3 is 0 Å². The molecule has 1 aromatic rings. The molecule has 2 N–H and O–H groups in total. The van der Waals surface area contributed by atoms with Gasteiger partial charge in [0.15, 0.2) is 6.61 Å². The summed E-state index contributed by atoms with van der Waals surface area (Å²) < 4.78 is 10.7. The van der Waals surface area contributed by atoms with E-state index in [1.54, 1.807) is 31.2 Å². The van der Waals surface area contributed by atoms with Crippen LogP contribution >= 0.6 is 0 Å². The minimum absolute atomic E-state index is 0.00534. The summed E-state index contributed by atoms with van der Waals surface area (Å²) >= 11 is 0. The summed E-state index contributed by atoms with van der Waals surface area (Å²) in [6.07, 6.45) is 1.21. The predicted molar refractivity (Wildman–Crippen MR) is 74.6 cm³/mol. The van der Waals surface area contributed by atoms with Crippen LogP contribution in [0.4, 0.5) is 0 Å². The molecule has 1 saturated heterocycles. The lowest BCUT2D eigenvalue weighted by atomic mass is 10.1. The van der Waals surface area contributed by atoms with E-state index in [9.17, 15) is 9.90 Å². The summed E-state index contributed by atoms with van der Waals surface area (Å²) in [6, 6.07) is 7.28. The van der Waals surface area contributed by atoms with E-state index in [0.717, 1.165) is 18.4 Å². The second-order valence-electron chi connectivity index (χ2n) is 4.99. The molecule has 1 amide bonds. The molecule has 0 radical (unpaired) electrons. The lowest BCUT2D eigenvalue weighted by Crippen LogP contribution is -2.41. The van der Waals surface area contributed by atoms with E-state index in [2.05, 4.69) is 5.32 Å². The predicted octanol–water partition coefficient (Wildman–Crippen LogP) is 1.41. The number of nitrogens with one attached hydrogen (secondary N) is 1. The number of hydrogen-bond donors (Lipinski definition) is 2. The van der Waals surface area contributed by atoms with Gasteiger partial charge in [-0.1, -0.05) is 12.1 Å². The number of aliphatic hydroxyl groups is 1. The lowest BCUT2D eigenvalue weighted by molar-refractivity contribution is -0.124. The molecule has 1 fully saturated rings. The van der Waals surface area contributed by atoms with Crippen molar-refractivity contribution in [3.63, 3.8) is 0 Å². The van der Waals surface area contributed by atoms with E-state index in [-0.39, 0.29) is 18.6 Å². The first-order valence-corrected chi connectivity index (χ1v) is 6.93. The highest BCUT2D eigenvalue weighted by Crippen LogP contribution is 2.17. The number of rotatable bonds is 5. The van der Waals surface area contributed by atoms with Crippen molar-refractivity contribution in [3.8, 4) is 5.75 Å². The molecular weight excluding hydrogens is 258 g/mol. The molecule has 1 aliphatic rings. The molecule has 0 aliphatic carbocycles. The van der Waals surface area contributed by atoms with Gasteiger partial charge in [-0.3, -0.25) is 4.79 Å². The number of carbonyl (C=O) groups is 1. The number of aliphatic hydroxyl groups excluding tert-OH is 1. The largest absolute Gasteiger partial charge is 0.484 e. The van der Waals surface area contributed by atoms with Crippen molar-refractivity contribution in [1.29, 1.82) is 0 Å². The average Bonchev–Trinajstić information content (AvgIpc) is 2.46. The summed E-state index contributed by atoms with van der Waals surface area (Å²) in [6.45, 7) is 3.11. The third kappa shape index (κ3) is 4.51. The SMILES string of the molecule is C[C@H](O)c1ccc(OCC(=O)NC2CCOCC2)cc1. The van der Waals surface area contributed by atoms with Gasteiger partial charge in [0.05, 0.1) is 6.10 Å². The Morgan fingerprint density at radius 2 is 2.05 bits per heavy atom. The minimum atomic E-state index is -0.499. The zero-order valence-electron chi connectivity index (χ0n) is 11.7. The molecule has 2 rings (SSSR count). The van der Waals surface area contributed by atoms with Gasteiger partial charge in [0.25, 0.3) is 5.91 Å². The van der Waals surface area contributed by atoms with Crippen molar-refractivity contribution in [2.24, 2.45) is 0 Å². The summed E-state index contributed by atoms with van der Waals surface area (Å²) in [5.74, 6) is 0.507. The maximum absolute atomic E-state index is 11.7.